The van der Waals surface area contributed by atoms with Gasteiger partial charge in [-0.25, -0.2) is 9.59 Å². The first kappa shape index (κ1) is 16.6. The Morgan fingerprint density at radius 2 is 2.16 bits per heavy atom. The van der Waals surface area contributed by atoms with Gasteiger partial charge in [0, 0.05) is 5.56 Å². The molecule has 0 aliphatic carbocycles. The molecule has 0 saturated carbocycles. The number of rotatable bonds is 6. The predicted octanol–water partition coefficient (Wildman–Crippen LogP) is 1.88. The third kappa shape index (κ3) is 2.84. The van der Waals surface area contributed by atoms with Gasteiger partial charge in [0.05, 0.1) is 27.0 Å². The van der Waals surface area contributed by atoms with E-state index in [1.165, 1.54) is 20.4 Å². The van der Waals surface area contributed by atoms with Crippen molar-refractivity contribution >= 4 is 17.8 Å². The molecule has 2 aromatic rings. The summed E-state index contributed by atoms with van der Waals surface area (Å²) in [5.74, 6) is -0.0768. The first-order valence-electron chi connectivity index (χ1n) is 7.53. The maximum atomic E-state index is 12.3. The number of ether oxygens (including phenoxy) is 4. The van der Waals surface area contributed by atoms with E-state index in [1.807, 2.05) is 0 Å². The number of anilines is 1. The average molecular weight is 347 g/mol. The van der Waals surface area contributed by atoms with E-state index in [9.17, 15) is 9.59 Å². The first-order chi connectivity index (χ1) is 12.1. The average Bonchev–Trinajstić information content (AvgIpc) is 3.19. The molecule has 9 nitrogen and oxygen atoms in total. The maximum absolute atomic E-state index is 12.3. The summed E-state index contributed by atoms with van der Waals surface area (Å²) < 4.78 is 20.8. The van der Waals surface area contributed by atoms with Crippen LogP contribution >= 0.6 is 0 Å². The molecule has 0 fully saturated rings. The second-order valence-electron chi connectivity index (χ2n) is 5.07. The highest BCUT2D eigenvalue weighted by Crippen LogP contribution is 2.42. The van der Waals surface area contributed by atoms with Crippen LogP contribution in [0.15, 0.2) is 18.3 Å². The Balaban J connectivity index is 1.93. The Labute approximate surface area is 143 Å². The Kier molecular flexibility index (Phi) is 4.46. The lowest BCUT2D eigenvalue weighted by Gasteiger charge is -2.14. The number of nitrogens with one attached hydrogen (secondary N) is 2. The summed E-state index contributed by atoms with van der Waals surface area (Å²) in [5, 5.41) is 9.44. The molecular formula is C16H17N3O6. The van der Waals surface area contributed by atoms with Crippen LogP contribution in [0.25, 0.3) is 0 Å². The van der Waals surface area contributed by atoms with Gasteiger partial charge in [0.1, 0.15) is 16.9 Å². The van der Waals surface area contributed by atoms with Crippen LogP contribution in [0.1, 0.15) is 39.4 Å². The Bertz CT molecular complexity index is 816. The molecule has 132 valence electrons. The number of H-pyrrole nitrogens is 1. The van der Waals surface area contributed by atoms with Gasteiger partial charge in [-0.05, 0) is 19.1 Å². The van der Waals surface area contributed by atoms with Gasteiger partial charge < -0.3 is 24.3 Å². The maximum Gasteiger partial charge on any atom is 0.344 e. The van der Waals surface area contributed by atoms with E-state index in [0.717, 1.165) is 0 Å². The number of nitrogens with zero attached hydrogens (tertiary/aromatic N) is 1. The van der Waals surface area contributed by atoms with Crippen LogP contribution in [-0.2, 0) is 9.47 Å². The van der Waals surface area contributed by atoms with Crippen molar-refractivity contribution in [2.75, 3.05) is 26.1 Å². The van der Waals surface area contributed by atoms with Crippen molar-refractivity contribution in [3.05, 3.63) is 35.0 Å². The predicted molar refractivity (Wildman–Crippen MR) is 85.9 cm³/mol. The van der Waals surface area contributed by atoms with E-state index < -0.39 is 18.2 Å². The lowest BCUT2D eigenvalue weighted by Crippen LogP contribution is -2.14. The van der Waals surface area contributed by atoms with Gasteiger partial charge in [-0.3, -0.25) is 5.10 Å². The molecule has 0 amide bonds. The summed E-state index contributed by atoms with van der Waals surface area (Å²) >= 11 is 0. The molecule has 25 heavy (non-hydrogen) atoms. The fourth-order valence-corrected chi connectivity index (χ4v) is 2.60. The normalized spacial score (nSPS) is 15.3. The van der Waals surface area contributed by atoms with Crippen molar-refractivity contribution < 1.29 is 28.5 Å². The number of carbonyl (C=O) groups is 2. The fourth-order valence-electron chi connectivity index (χ4n) is 2.60. The van der Waals surface area contributed by atoms with E-state index in [2.05, 4.69) is 15.5 Å². The van der Waals surface area contributed by atoms with Crippen molar-refractivity contribution in [3.63, 3.8) is 0 Å². The number of esters is 2. The number of cyclic esters (lactones) is 1. The molecule has 1 aliphatic heterocycles. The van der Waals surface area contributed by atoms with Crippen molar-refractivity contribution in [1.29, 1.82) is 0 Å². The highest BCUT2D eigenvalue weighted by Gasteiger charge is 2.36. The number of benzene rings is 1. The quantitative estimate of drug-likeness (QED) is 0.762. The van der Waals surface area contributed by atoms with E-state index in [1.54, 1.807) is 19.1 Å². The van der Waals surface area contributed by atoms with E-state index in [4.69, 9.17) is 18.9 Å². The lowest BCUT2D eigenvalue weighted by atomic mass is 10.1. The van der Waals surface area contributed by atoms with Gasteiger partial charge in [0.25, 0.3) is 0 Å². The van der Waals surface area contributed by atoms with E-state index in [0.29, 0.717) is 22.9 Å². The molecule has 0 saturated heterocycles. The zero-order chi connectivity index (χ0) is 18.0. The summed E-state index contributed by atoms with van der Waals surface area (Å²) in [6, 6.07) is 3.37. The number of aromatic amines is 1. The molecule has 0 bridgehead atoms. The molecule has 1 aromatic carbocycles. The van der Waals surface area contributed by atoms with Crippen LogP contribution in [-0.4, -0.2) is 43.0 Å². The minimum absolute atomic E-state index is 0.215. The minimum atomic E-state index is -0.809. The third-order valence-corrected chi connectivity index (χ3v) is 3.70. The number of aromatic nitrogens is 2. The molecule has 1 atom stereocenters. The molecule has 9 heteroatoms. The van der Waals surface area contributed by atoms with Crippen molar-refractivity contribution in [2.24, 2.45) is 0 Å². The molecule has 0 spiro atoms. The fraction of sp³-hybridized carbons (Fsp3) is 0.312. The highest BCUT2D eigenvalue weighted by molar-refractivity contribution is 5.99. The van der Waals surface area contributed by atoms with Crippen LogP contribution in [0.3, 0.4) is 0 Å². The number of methoxy groups -OCH3 is 2. The molecule has 1 aliphatic rings. The molecular weight excluding hydrogens is 330 g/mol. The Morgan fingerprint density at radius 1 is 1.36 bits per heavy atom. The van der Waals surface area contributed by atoms with Crippen LogP contribution in [0.5, 0.6) is 11.5 Å². The van der Waals surface area contributed by atoms with E-state index in [-0.39, 0.29) is 17.7 Å². The van der Waals surface area contributed by atoms with Gasteiger partial charge in [-0.15, -0.1) is 0 Å². The van der Waals surface area contributed by atoms with Gasteiger partial charge >= 0.3 is 11.9 Å². The second kappa shape index (κ2) is 6.71. The minimum Gasteiger partial charge on any atom is -0.493 e. The van der Waals surface area contributed by atoms with Crippen LogP contribution in [0, 0.1) is 0 Å². The van der Waals surface area contributed by atoms with Crippen molar-refractivity contribution in [3.8, 4) is 11.5 Å². The molecule has 0 unspecified atom stereocenters. The standard InChI is InChI=1S/C16H17N3O6/c1-4-24-15(20)9-7-17-19-13(9)18-14-8-5-6-10(22-2)12(23-3)11(8)16(21)25-14/h5-7,14H,4H2,1-3H3,(H2,17,18,19)/t14-/m1/s1. The zero-order valence-corrected chi connectivity index (χ0v) is 13.9. The van der Waals surface area contributed by atoms with Crippen molar-refractivity contribution in [1.82, 2.24) is 10.2 Å². The van der Waals surface area contributed by atoms with Crippen LogP contribution in [0.4, 0.5) is 5.82 Å². The van der Waals surface area contributed by atoms with Crippen LogP contribution < -0.4 is 14.8 Å². The number of hydrogen-bond acceptors (Lipinski definition) is 8. The van der Waals surface area contributed by atoms with E-state index >= 15 is 0 Å². The second-order valence-corrected chi connectivity index (χ2v) is 5.07. The van der Waals surface area contributed by atoms with Gasteiger partial charge in [-0.1, -0.05) is 0 Å². The van der Waals surface area contributed by atoms with Gasteiger partial charge in [-0.2, -0.15) is 5.10 Å². The summed E-state index contributed by atoms with van der Waals surface area (Å²) in [6.07, 6.45) is 0.531. The van der Waals surface area contributed by atoms with Gasteiger partial charge in [0.2, 0.25) is 6.23 Å². The van der Waals surface area contributed by atoms with Gasteiger partial charge in [0.15, 0.2) is 11.5 Å². The molecule has 1 aromatic heterocycles. The monoisotopic (exact) mass is 347 g/mol. The topological polar surface area (TPSA) is 112 Å². The largest absolute Gasteiger partial charge is 0.493 e. The number of fused-ring (bicyclic) bond motifs is 1. The number of hydrogen-bond donors (Lipinski definition) is 2. The van der Waals surface area contributed by atoms with Crippen molar-refractivity contribution in [2.45, 2.75) is 13.2 Å². The Hall–Kier alpha value is -3.23. The summed E-state index contributed by atoms with van der Waals surface area (Å²) in [5.41, 5.74) is 1.05. The lowest BCUT2D eigenvalue weighted by molar-refractivity contribution is 0.0434. The molecule has 3 rings (SSSR count). The summed E-state index contributed by atoms with van der Waals surface area (Å²) in [6.45, 7) is 1.95. The molecule has 2 heterocycles. The first-order valence-corrected chi connectivity index (χ1v) is 7.53. The summed E-state index contributed by atoms with van der Waals surface area (Å²) in [7, 11) is 2.93. The summed E-state index contributed by atoms with van der Waals surface area (Å²) in [4.78, 5) is 24.2. The van der Waals surface area contributed by atoms with Crippen LogP contribution in [0.2, 0.25) is 0 Å². The smallest absolute Gasteiger partial charge is 0.344 e. The SMILES string of the molecule is CCOC(=O)c1cn[nH]c1N[C@@H]1OC(=O)c2c1ccc(OC)c2OC. The zero-order valence-electron chi connectivity index (χ0n) is 13.9. The number of carbonyl (C=O) groups excluding carboxylic acids is 2. The third-order valence-electron chi connectivity index (χ3n) is 3.70. The Morgan fingerprint density at radius 3 is 2.84 bits per heavy atom. The molecule has 0 radical (unpaired) electrons. The highest BCUT2D eigenvalue weighted by atomic mass is 16.6. The molecule has 2 N–H and O–H groups in total.